The summed E-state index contributed by atoms with van der Waals surface area (Å²) in [7, 11) is -4.29. The Morgan fingerprint density at radius 3 is 2.06 bits per heavy atom. The fraction of sp³-hybridized carbons (Fsp3) is 0.0769. The zero-order chi connectivity index (χ0) is 25.9. The minimum Gasteiger partial charge on any atom is -0.480 e. The molecule has 1 atom stereocenters. The molecule has 0 spiro atoms. The smallest absolute Gasteiger partial charge is 0.349 e. The Morgan fingerprint density at radius 2 is 1.44 bits per heavy atom. The number of carboxylic acids is 2. The van der Waals surface area contributed by atoms with Crippen LogP contribution in [0.15, 0.2) is 95.9 Å². The van der Waals surface area contributed by atoms with Crippen molar-refractivity contribution in [3.8, 4) is 5.75 Å². The van der Waals surface area contributed by atoms with Crippen molar-refractivity contribution in [1.82, 2.24) is 0 Å². The van der Waals surface area contributed by atoms with Gasteiger partial charge in [-0.1, -0.05) is 66.2 Å². The monoisotopic (exact) mass is 525 g/mol. The molecule has 36 heavy (non-hydrogen) atoms. The van der Waals surface area contributed by atoms with E-state index in [4.69, 9.17) is 16.3 Å². The standard InChI is InChI=1S/C26H20ClNO7S/c27-18-10-12-19(13-11-18)36(33,34)28(16-24(29)30)22-14-15-23(21-9-5-4-8-20(21)22)35-25(26(31)32)17-6-2-1-3-7-17/h1-15,25H,16H2,(H,29,30)(H,31,32). The van der Waals surface area contributed by atoms with Gasteiger partial charge in [-0.15, -0.1) is 0 Å². The van der Waals surface area contributed by atoms with E-state index in [1.54, 1.807) is 54.6 Å². The van der Waals surface area contributed by atoms with Crippen molar-refractivity contribution in [2.75, 3.05) is 10.8 Å². The molecule has 4 aromatic rings. The maximum Gasteiger partial charge on any atom is 0.349 e. The van der Waals surface area contributed by atoms with Gasteiger partial charge in [0.15, 0.2) is 0 Å². The van der Waals surface area contributed by atoms with Crippen LogP contribution in [0, 0.1) is 0 Å². The number of benzene rings is 4. The summed E-state index contributed by atoms with van der Waals surface area (Å²) in [6.45, 7) is -0.836. The van der Waals surface area contributed by atoms with Crippen LogP contribution >= 0.6 is 11.6 Å². The predicted octanol–water partition coefficient (Wildman–Crippen LogP) is 4.98. The van der Waals surface area contributed by atoms with Crippen molar-refractivity contribution in [1.29, 1.82) is 0 Å². The molecule has 184 valence electrons. The first-order valence-electron chi connectivity index (χ1n) is 10.6. The summed E-state index contributed by atoms with van der Waals surface area (Å²) >= 11 is 5.89. The van der Waals surface area contributed by atoms with Gasteiger partial charge < -0.3 is 14.9 Å². The van der Waals surface area contributed by atoms with E-state index in [9.17, 15) is 28.2 Å². The normalized spacial score (nSPS) is 12.1. The molecule has 4 aromatic carbocycles. The third-order valence-electron chi connectivity index (χ3n) is 5.38. The number of fused-ring (bicyclic) bond motifs is 1. The number of ether oxygens (including phenoxy) is 1. The molecule has 0 aliphatic carbocycles. The van der Waals surface area contributed by atoms with Crippen LogP contribution in [0.3, 0.4) is 0 Å². The van der Waals surface area contributed by atoms with Crippen LogP contribution in [0.25, 0.3) is 10.8 Å². The second kappa shape index (κ2) is 10.3. The van der Waals surface area contributed by atoms with Gasteiger partial charge in [0.05, 0.1) is 10.6 Å². The van der Waals surface area contributed by atoms with E-state index in [0.717, 1.165) is 4.31 Å². The van der Waals surface area contributed by atoms with Gasteiger partial charge in [0, 0.05) is 21.4 Å². The fourth-order valence-corrected chi connectivity index (χ4v) is 5.31. The highest BCUT2D eigenvalue weighted by Crippen LogP contribution is 2.38. The summed E-state index contributed by atoms with van der Waals surface area (Å²) in [5, 5.41) is 20.4. The topological polar surface area (TPSA) is 121 Å². The molecule has 0 amide bonds. The fourth-order valence-electron chi connectivity index (χ4n) is 3.75. The van der Waals surface area contributed by atoms with Gasteiger partial charge in [0.1, 0.15) is 12.3 Å². The maximum absolute atomic E-state index is 13.5. The second-order valence-corrected chi connectivity index (χ2v) is 10.0. The van der Waals surface area contributed by atoms with Crippen molar-refractivity contribution in [2.24, 2.45) is 0 Å². The maximum atomic E-state index is 13.5. The second-order valence-electron chi connectivity index (χ2n) is 7.73. The largest absolute Gasteiger partial charge is 0.480 e. The molecule has 4 rings (SSSR count). The van der Waals surface area contributed by atoms with E-state index in [1.807, 2.05) is 0 Å². The third-order valence-corrected chi connectivity index (χ3v) is 7.41. The lowest BCUT2D eigenvalue weighted by atomic mass is 10.1. The number of nitrogens with zero attached hydrogens (tertiary/aromatic N) is 1. The summed E-state index contributed by atoms with van der Waals surface area (Å²) in [6, 6.07) is 23.2. The van der Waals surface area contributed by atoms with Crippen LogP contribution in [-0.2, 0) is 19.6 Å². The first-order valence-corrected chi connectivity index (χ1v) is 12.5. The Hall–Kier alpha value is -4.08. The summed E-state index contributed by atoms with van der Waals surface area (Å²) in [6.07, 6.45) is -1.31. The van der Waals surface area contributed by atoms with Crippen molar-refractivity contribution in [2.45, 2.75) is 11.0 Å². The third kappa shape index (κ3) is 5.12. The molecule has 1 unspecified atom stereocenters. The van der Waals surface area contributed by atoms with Crippen molar-refractivity contribution < 1.29 is 33.0 Å². The quantitative estimate of drug-likeness (QED) is 0.316. The van der Waals surface area contributed by atoms with E-state index >= 15 is 0 Å². The molecule has 2 N–H and O–H groups in total. The number of hydrogen-bond acceptors (Lipinski definition) is 5. The van der Waals surface area contributed by atoms with Gasteiger partial charge in [-0.3, -0.25) is 9.10 Å². The molecule has 0 radical (unpaired) electrons. The van der Waals surface area contributed by atoms with Crippen LogP contribution in [-0.4, -0.2) is 37.1 Å². The van der Waals surface area contributed by atoms with E-state index in [1.165, 1.54) is 36.4 Å². The molecule has 0 bridgehead atoms. The minimum atomic E-state index is -4.29. The molecule has 8 nitrogen and oxygen atoms in total. The Labute approximate surface area is 212 Å². The van der Waals surface area contributed by atoms with Gasteiger partial charge in [-0.2, -0.15) is 0 Å². The van der Waals surface area contributed by atoms with E-state index in [-0.39, 0.29) is 16.3 Å². The Morgan fingerprint density at radius 1 is 0.833 bits per heavy atom. The average molecular weight is 526 g/mol. The highest BCUT2D eigenvalue weighted by atomic mass is 35.5. The number of aliphatic carboxylic acids is 2. The first kappa shape index (κ1) is 25.0. The molecular weight excluding hydrogens is 506 g/mol. The number of rotatable bonds is 9. The number of halogens is 1. The molecule has 0 aromatic heterocycles. The molecule has 0 saturated heterocycles. The molecule has 0 aliphatic rings. The van der Waals surface area contributed by atoms with Gasteiger partial charge >= 0.3 is 11.9 Å². The van der Waals surface area contributed by atoms with Crippen molar-refractivity contribution in [3.63, 3.8) is 0 Å². The lowest BCUT2D eigenvalue weighted by Gasteiger charge is -2.25. The zero-order valence-corrected chi connectivity index (χ0v) is 20.2. The van der Waals surface area contributed by atoms with Gasteiger partial charge in [-0.05, 0) is 36.4 Å². The average Bonchev–Trinajstić information content (AvgIpc) is 2.86. The molecular formula is C26H20ClNO7S. The van der Waals surface area contributed by atoms with Crippen LogP contribution in [0.5, 0.6) is 5.75 Å². The summed E-state index contributed by atoms with van der Waals surface area (Å²) < 4.78 is 33.6. The summed E-state index contributed by atoms with van der Waals surface area (Å²) in [5.74, 6) is -2.36. The highest BCUT2D eigenvalue weighted by Gasteiger charge is 2.30. The van der Waals surface area contributed by atoms with Gasteiger partial charge in [-0.25, -0.2) is 13.2 Å². The molecule has 0 saturated carbocycles. The number of anilines is 1. The van der Waals surface area contributed by atoms with E-state index < -0.39 is 34.6 Å². The van der Waals surface area contributed by atoms with Gasteiger partial charge in [0.25, 0.3) is 10.0 Å². The number of sulfonamides is 1. The zero-order valence-electron chi connectivity index (χ0n) is 18.6. The van der Waals surface area contributed by atoms with Crippen LogP contribution < -0.4 is 9.04 Å². The summed E-state index contributed by atoms with van der Waals surface area (Å²) in [5.41, 5.74) is 0.526. The number of carboxylic acid groups (broad SMARTS) is 2. The molecule has 0 heterocycles. The first-order chi connectivity index (χ1) is 17.2. The van der Waals surface area contributed by atoms with Crippen molar-refractivity contribution >= 4 is 50.0 Å². The molecule has 10 heteroatoms. The lowest BCUT2D eigenvalue weighted by molar-refractivity contribution is -0.145. The predicted molar refractivity (Wildman–Crippen MR) is 135 cm³/mol. The minimum absolute atomic E-state index is 0.0990. The Balaban J connectivity index is 1.84. The van der Waals surface area contributed by atoms with E-state index in [0.29, 0.717) is 21.4 Å². The SMILES string of the molecule is O=C(O)CN(c1ccc(OC(C(=O)O)c2ccccc2)c2ccccc12)S(=O)(=O)c1ccc(Cl)cc1. The summed E-state index contributed by atoms with van der Waals surface area (Å²) in [4.78, 5) is 23.5. The number of carbonyl (C=O) groups is 2. The Kier molecular flexibility index (Phi) is 7.14. The van der Waals surface area contributed by atoms with Crippen LogP contribution in [0.4, 0.5) is 5.69 Å². The Bertz CT molecular complexity index is 1520. The molecule has 0 aliphatic heterocycles. The van der Waals surface area contributed by atoms with Gasteiger partial charge in [0.2, 0.25) is 6.10 Å². The van der Waals surface area contributed by atoms with Crippen molar-refractivity contribution in [3.05, 3.63) is 102 Å². The van der Waals surface area contributed by atoms with Crippen LogP contribution in [0.1, 0.15) is 11.7 Å². The number of hydrogen-bond donors (Lipinski definition) is 2. The molecule has 0 fully saturated rings. The van der Waals surface area contributed by atoms with E-state index in [2.05, 4.69) is 0 Å². The van der Waals surface area contributed by atoms with Crippen LogP contribution in [0.2, 0.25) is 5.02 Å². The highest BCUT2D eigenvalue weighted by molar-refractivity contribution is 7.92. The lowest BCUT2D eigenvalue weighted by Crippen LogP contribution is -2.36.